The van der Waals surface area contributed by atoms with Gasteiger partial charge in [-0.05, 0) is 18.1 Å². The first-order chi connectivity index (χ1) is 8.08. The van der Waals surface area contributed by atoms with E-state index in [1.54, 1.807) is 24.3 Å². The highest BCUT2D eigenvalue weighted by atomic mass is 16.5. The minimum atomic E-state index is -0.679. The monoisotopic (exact) mass is 236 g/mol. The van der Waals surface area contributed by atoms with Gasteiger partial charge in [0, 0.05) is 5.56 Å². The summed E-state index contributed by atoms with van der Waals surface area (Å²) in [4.78, 5) is 22.1. The summed E-state index contributed by atoms with van der Waals surface area (Å²) < 4.78 is 5.52. The SMILES string of the molecule is CC(C)C(Oc1cccc(C=O)c1)C(=O)NN. The van der Waals surface area contributed by atoms with E-state index in [0.29, 0.717) is 11.3 Å². The Morgan fingerprint density at radius 3 is 2.71 bits per heavy atom. The summed E-state index contributed by atoms with van der Waals surface area (Å²) in [6.45, 7) is 3.70. The maximum absolute atomic E-state index is 11.5. The molecule has 0 saturated carbocycles. The molecule has 5 heteroatoms. The number of carbonyl (C=O) groups is 2. The summed E-state index contributed by atoms with van der Waals surface area (Å²) in [6, 6.07) is 6.61. The average Bonchev–Trinajstić information content (AvgIpc) is 2.35. The van der Waals surface area contributed by atoms with Crippen molar-refractivity contribution in [1.29, 1.82) is 0 Å². The predicted molar refractivity (Wildman–Crippen MR) is 63.4 cm³/mol. The van der Waals surface area contributed by atoms with Crippen LogP contribution in [0.1, 0.15) is 24.2 Å². The Kier molecular flexibility index (Phi) is 4.66. The first-order valence-electron chi connectivity index (χ1n) is 5.31. The summed E-state index contributed by atoms with van der Waals surface area (Å²) in [5.41, 5.74) is 2.56. The number of rotatable bonds is 5. The maximum Gasteiger partial charge on any atom is 0.275 e. The Hall–Kier alpha value is -1.88. The molecule has 3 N–H and O–H groups in total. The second kappa shape index (κ2) is 6.00. The van der Waals surface area contributed by atoms with E-state index >= 15 is 0 Å². The zero-order chi connectivity index (χ0) is 12.8. The molecule has 1 aromatic rings. The van der Waals surface area contributed by atoms with Crippen LogP contribution in [0.15, 0.2) is 24.3 Å². The van der Waals surface area contributed by atoms with Crippen molar-refractivity contribution < 1.29 is 14.3 Å². The summed E-state index contributed by atoms with van der Waals surface area (Å²) >= 11 is 0. The van der Waals surface area contributed by atoms with Gasteiger partial charge in [-0.1, -0.05) is 26.0 Å². The molecule has 0 fully saturated rings. The van der Waals surface area contributed by atoms with Crippen LogP contribution in [0.25, 0.3) is 0 Å². The normalized spacial score (nSPS) is 12.0. The Balaban J connectivity index is 2.85. The number of hydrogen-bond acceptors (Lipinski definition) is 4. The molecule has 1 amide bonds. The topological polar surface area (TPSA) is 81.4 Å². The molecule has 0 aliphatic heterocycles. The predicted octanol–water partition coefficient (Wildman–Crippen LogP) is 0.892. The van der Waals surface area contributed by atoms with Gasteiger partial charge >= 0.3 is 0 Å². The van der Waals surface area contributed by atoms with Crippen LogP contribution in [0, 0.1) is 5.92 Å². The molecule has 1 rings (SSSR count). The van der Waals surface area contributed by atoms with Gasteiger partial charge in [0.15, 0.2) is 6.10 Å². The van der Waals surface area contributed by atoms with Crippen LogP contribution in [0.4, 0.5) is 0 Å². The van der Waals surface area contributed by atoms with Gasteiger partial charge in [0.1, 0.15) is 12.0 Å². The molecule has 0 aromatic heterocycles. The average molecular weight is 236 g/mol. The molecule has 0 bridgehead atoms. The van der Waals surface area contributed by atoms with Crippen molar-refractivity contribution in [2.24, 2.45) is 11.8 Å². The maximum atomic E-state index is 11.5. The van der Waals surface area contributed by atoms with E-state index in [2.05, 4.69) is 5.43 Å². The fourth-order valence-corrected chi connectivity index (χ4v) is 1.38. The number of nitrogens with two attached hydrogens (primary N) is 1. The highest BCUT2D eigenvalue weighted by Crippen LogP contribution is 2.17. The van der Waals surface area contributed by atoms with Gasteiger partial charge in [-0.25, -0.2) is 5.84 Å². The van der Waals surface area contributed by atoms with E-state index in [9.17, 15) is 9.59 Å². The molecule has 0 aliphatic carbocycles. The molecule has 5 nitrogen and oxygen atoms in total. The second-order valence-electron chi connectivity index (χ2n) is 3.98. The van der Waals surface area contributed by atoms with Gasteiger partial charge in [-0.3, -0.25) is 15.0 Å². The van der Waals surface area contributed by atoms with E-state index in [4.69, 9.17) is 10.6 Å². The molecule has 17 heavy (non-hydrogen) atoms. The van der Waals surface area contributed by atoms with E-state index < -0.39 is 12.0 Å². The number of hydrogen-bond donors (Lipinski definition) is 2. The van der Waals surface area contributed by atoms with Crippen LogP contribution in [-0.2, 0) is 4.79 Å². The van der Waals surface area contributed by atoms with Crippen LogP contribution in [0.5, 0.6) is 5.75 Å². The summed E-state index contributed by atoms with van der Waals surface area (Å²) in [5.74, 6) is 5.13. The lowest BCUT2D eigenvalue weighted by Gasteiger charge is -2.20. The van der Waals surface area contributed by atoms with Crippen molar-refractivity contribution in [2.45, 2.75) is 20.0 Å². The molecule has 0 radical (unpaired) electrons. The quantitative estimate of drug-likeness (QED) is 0.344. The second-order valence-corrected chi connectivity index (χ2v) is 3.98. The van der Waals surface area contributed by atoms with Crippen LogP contribution in [0.2, 0.25) is 0 Å². The lowest BCUT2D eigenvalue weighted by atomic mass is 10.1. The third kappa shape index (κ3) is 3.57. The molecule has 1 unspecified atom stereocenters. The fourth-order valence-electron chi connectivity index (χ4n) is 1.38. The highest BCUT2D eigenvalue weighted by molar-refractivity contribution is 5.81. The van der Waals surface area contributed by atoms with Crippen LogP contribution >= 0.6 is 0 Å². The smallest absolute Gasteiger partial charge is 0.275 e. The third-order valence-electron chi connectivity index (χ3n) is 2.26. The Labute approximate surface area is 99.9 Å². The summed E-state index contributed by atoms with van der Waals surface area (Å²) in [6.07, 6.45) is 0.0437. The van der Waals surface area contributed by atoms with Gasteiger partial charge in [-0.15, -0.1) is 0 Å². The number of carbonyl (C=O) groups excluding carboxylic acids is 2. The van der Waals surface area contributed by atoms with Crippen molar-refractivity contribution in [3.63, 3.8) is 0 Å². The first kappa shape index (κ1) is 13.2. The van der Waals surface area contributed by atoms with Gasteiger partial charge in [0.25, 0.3) is 5.91 Å². The molecular weight excluding hydrogens is 220 g/mol. The van der Waals surface area contributed by atoms with E-state index in [1.165, 1.54) is 0 Å². The zero-order valence-electron chi connectivity index (χ0n) is 9.84. The minimum Gasteiger partial charge on any atom is -0.480 e. The molecule has 0 spiro atoms. The van der Waals surface area contributed by atoms with Crippen LogP contribution in [-0.4, -0.2) is 18.3 Å². The largest absolute Gasteiger partial charge is 0.480 e. The molecular formula is C12H16N2O3. The molecule has 0 aliphatic rings. The number of aldehydes is 1. The molecule has 0 heterocycles. The molecule has 0 saturated heterocycles. The number of nitrogens with one attached hydrogen (secondary N) is 1. The Bertz CT molecular complexity index is 404. The number of ether oxygens (including phenoxy) is 1. The fraction of sp³-hybridized carbons (Fsp3) is 0.333. The van der Waals surface area contributed by atoms with Crippen molar-refractivity contribution >= 4 is 12.2 Å². The van der Waals surface area contributed by atoms with E-state index in [0.717, 1.165) is 6.29 Å². The molecule has 1 atom stereocenters. The van der Waals surface area contributed by atoms with Gasteiger partial charge in [0.2, 0.25) is 0 Å². The van der Waals surface area contributed by atoms with Crippen LogP contribution < -0.4 is 16.0 Å². The minimum absolute atomic E-state index is 0.0292. The highest BCUT2D eigenvalue weighted by Gasteiger charge is 2.23. The lowest BCUT2D eigenvalue weighted by Crippen LogP contribution is -2.44. The summed E-state index contributed by atoms with van der Waals surface area (Å²) in [7, 11) is 0. The van der Waals surface area contributed by atoms with E-state index in [-0.39, 0.29) is 5.92 Å². The van der Waals surface area contributed by atoms with Gasteiger partial charge in [0.05, 0.1) is 0 Å². The van der Waals surface area contributed by atoms with Crippen LogP contribution in [0.3, 0.4) is 0 Å². The first-order valence-corrected chi connectivity index (χ1v) is 5.31. The third-order valence-corrected chi connectivity index (χ3v) is 2.26. The lowest BCUT2D eigenvalue weighted by molar-refractivity contribution is -0.129. The van der Waals surface area contributed by atoms with Gasteiger partial charge in [-0.2, -0.15) is 0 Å². The Morgan fingerprint density at radius 1 is 1.47 bits per heavy atom. The van der Waals surface area contributed by atoms with E-state index in [1.807, 2.05) is 13.8 Å². The molecule has 1 aromatic carbocycles. The van der Waals surface area contributed by atoms with Crippen molar-refractivity contribution in [2.75, 3.05) is 0 Å². The molecule has 92 valence electrons. The number of hydrazine groups is 1. The van der Waals surface area contributed by atoms with Crippen molar-refractivity contribution in [3.8, 4) is 5.75 Å². The summed E-state index contributed by atoms with van der Waals surface area (Å²) in [5, 5.41) is 0. The van der Waals surface area contributed by atoms with Crippen molar-refractivity contribution in [3.05, 3.63) is 29.8 Å². The Morgan fingerprint density at radius 2 is 2.18 bits per heavy atom. The number of amides is 1. The van der Waals surface area contributed by atoms with Crippen molar-refractivity contribution in [1.82, 2.24) is 5.43 Å². The standard InChI is InChI=1S/C12H16N2O3/c1-8(2)11(12(16)14-13)17-10-5-3-4-9(6-10)7-15/h3-8,11H,13H2,1-2H3,(H,14,16). The number of benzene rings is 1. The zero-order valence-corrected chi connectivity index (χ0v) is 9.84. The van der Waals surface area contributed by atoms with Gasteiger partial charge < -0.3 is 4.74 Å².